The van der Waals surface area contributed by atoms with Crippen LogP contribution in [0.25, 0.3) is 0 Å². The van der Waals surface area contributed by atoms with Gasteiger partial charge in [-0.25, -0.2) is 0 Å². The normalized spacial score (nSPS) is 23.8. The highest BCUT2D eigenvalue weighted by molar-refractivity contribution is 4.81. The van der Waals surface area contributed by atoms with Gasteiger partial charge in [-0.1, -0.05) is 13.3 Å². The Kier molecular flexibility index (Phi) is 7.01. The van der Waals surface area contributed by atoms with Gasteiger partial charge in [-0.3, -0.25) is 4.90 Å². The fourth-order valence-electron chi connectivity index (χ4n) is 2.76. The molecular weight excluding hydrogens is 200 g/mol. The number of hydrogen-bond acceptors (Lipinski definition) is 3. The molecule has 0 radical (unpaired) electrons. The van der Waals surface area contributed by atoms with Crippen molar-refractivity contribution < 1.29 is 4.74 Å². The molecule has 1 saturated heterocycles. The first-order valence-corrected chi connectivity index (χ1v) is 6.74. The first-order chi connectivity index (χ1) is 7.81. The number of methoxy groups -OCH3 is 1. The summed E-state index contributed by atoms with van der Waals surface area (Å²) in [6.07, 6.45) is 6.37. The molecule has 0 amide bonds. The molecule has 0 aromatic rings. The van der Waals surface area contributed by atoms with Crippen LogP contribution in [0.2, 0.25) is 0 Å². The van der Waals surface area contributed by atoms with Crippen LogP contribution in [-0.2, 0) is 4.74 Å². The molecule has 16 heavy (non-hydrogen) atoms. The summed E-state index contributed by atoms with van der Waals surface area (Å²) in [6.45, 7) is 6.46. The zero-order valence-corrected chi connectivity index (χ0v) is 11.0. The molecule has 1 aliphatic heterocycles. The van der Waals surface area contributed by atoms with E-state index in [2.05, 4.69) is 11.8 Å². The number of nitrogens with zero attached hydrogens (tertiary/aromatic N) is 1. The molecule has 2 atom stereocenters. The number of rotatable bonds is 8. The SMILES string of the molecule is CCCC1CCN(C(CCCN)COC)C1. The number of nitrogens with two attached hydrogens (primary N) is 1. The summed E-state index contributed by atoms with van der Waals surface area (Å²) in [6, 6.07) is 0.593. The van der Waals surface area contributed by atoms with Crippen LogP contribution in [0.3, 0.4) is 0 Å². The molecular formula is C13H28N2O. The van der Waals surface area contributed by atoms with Gasteiger partial charge in [0.1, 0.15) is 0 Å². The minimum absolute atomic E-state index is 0.593. The Morgan fingerprint density at radius 3 is 2.94 bits per heavy atom. The Morgan fingerprint density at radius 1 is 1.50 bits per heavy atom. The second kappa shape index (κ2) is 8.04. The molecule has 2 N–H and O–H groups in total. The highest BCUT2D eigenvalue weighted by atomic mass is 16.5. The smallest absolute Gasteiger partial charge is 0.0618 e. The van der Waals surface area contributed by atoms with Crippen LogP contribution in [0.1, 0.15) is 39.0 Å². The maximum absolute atomic E-state index is 5.59. The lowest BCUT2D eigenvalue weighted by Crippen LogP contribution is -2.37. The summed E-state index contributed by atoms with van der Waals surface area (Å²) >= 11 is 0. The lowest BCUT2D eigenvalue weighted by molar-refractivity contribution is 0.0965. The third kappa shape index (κ3) is 4.40. The van der Waals surface area contributed by atoms with Crippen molar-refractivity contribution in [1.82, 2.24) is 4.90 Å². The number of likely N-dealkylation sites (tertiary alicyclic amines) is 1. The number of ether oxygens (including phenoxy) is 1. The average molecular weight is 228 g/mol. The van der Waals surface area contributed by atoms with E-state index in [0.29, 0.717) is 6.04 Å². The molecule has 0 saturated carbocycles. The monoisotopic (exact) mass is 228 g/mol. The van der Waals surface area contributed by atoms with Gasteiger partial charge in [0.05, 0.1) is 6.61 Å². The summed E-state index contributed by atoms with van der Waals surface area (Å²) in [7, 11) is 1.80. The third-order valence-electron chi connectivity index (χ3n) is 3.63. The van der Waals surface area contributed by atoms with Gasteiger partial charge in [0, 0.05) is 19.7 Å². The molecule has 0 bridgehead atoms. The van der Waals surface area contributed by atoms with Gasteiger partial charge in [-0.15, -0.1) is 0 Å². The van der Waals surface area contributed by atoms with Crippen LogP contribution in [0, 0.1) is 5.92 Å². The van der Waals surface area contributed by atoms with Crippen molar-refractivity contribution in [2.45, 2.75) is 45.1 Å². The molecule has 1 heterocycles. The van der Waals surface area contributed by atoms with Crippen LogP contribution in [0.15, 0.2) is 0 Å². The van der Waals surface area contributed by atoms with Crippen molar-refractivity contribution in [3.63, 3.8) is 0 Å². The van der Waals surface area contributed by atoms with Crippen LogP contribution in [-0.4, -0.2) is 44.3 Å². The minimum atomic E-state index is 0.593. The van der Waals surface area contributed by atoms with Crippen molar-refractivity contribution in [1.29, 1.82) is 0 Å². The van der Waals surface area contributed by atoms with Crippen LogP contribution >= 0.6 is 0 Å². The van der Waals surface area contributed by atoms with E-state index in [9.17, 15) is 0 Å². The summed E-state index contributed by atoms with van der Waals surface area (Å²) in [4.78, 5) is 2.61. The van der Waals surface area contributed by atoms with Gasteiger partial charge in [0.25, 0.3) is 0 Å². The maximum Gasteiger partial charge on any atom is 0.0618 e. The molecule has 1 aliphatic rings. The minimum Gasteiger partial charge on any atom is -0.383 e. The van der Waals surface area contributed by atoms with Crippen molar-refractivity contribution in [3.05, 3.63) is 0 Å². The van der Waals surface area contributed by atoms with E-state index < -0.39 is 0 Å². The summed E-state index contributed by atoms with van der Waals surface area (Å²) in [5, 5.41) is 0. The van der Waals surface area contributed by atoms with Gasteiger partial charge >= 0.3 is 0 Å². The highest BCUT2D eigenvalue weighted by Gasteiger charge is 2.27. The summed E-state index contributed by atoms with van der Waals surface area (Å²) < 4.78 is 5.33. The molecule has 96 valence electrons. The Morgan fingerprint density at radius 2 is 2.31 bits per heavy atom. The highest BCUT2D eigenvalue weighted by Crippen LogP contribution is 2.24. The fourth-order valence-corrected chi connectivity index (χ4v) is 2.76. The second-order valence-corrected chi connectivity index (χ2v) is 4.98. The van der Waals surface area contributed by atoms with E-state index >= 15 is 0 Å². The van der Waals surface area contributed by atoms with E-state index in [1.54, 1.807) is 7.11 Å². The first-order valence-electron chi connectivity index (χ1n) is 6.74. The standard InChI is InChI=1S/C13H28N2O/c1-3-5-12-7-9-15(10-12)13(11-16-2)6-4-8-14/h12-13H,3-11,14H2,1-2H3. The molecule has 1 fully saturated rings. The molecule has 2 unspecified atom stereocenters. The average Bonchev–Trinajstić information content (AvgIpc) is 2.73. The van der Waals surface area contributed by atoms with Gasteiger partial charge in [-0.05, 0) is 44.7 Å². The van der Waals surface area contributed by atoms with Crippen molar-refractivity contribution in [3.8, 4) is 0 Å². The predicted octanol–water partition coefficient (Wildman–Crippen LogP) is 1.86. The zero-order chi connectivity index (χ0) is 11.8. The van der Waals surface area contributed by atoms with Crippen molar-refractivity contribution in [2.75, 3.05) is 33.4 Å². The van der Waals surface area contributed by atoms with Crippen molar-refractivity contribution in [2.24, 2.45) is 11.7 Å². The summed E-state index contributed by atoms with van der Waals surface area (Å²) in [5.74, 6) is 0.919. The Hall–Kier alpha value is -0.120. The second-order valence-electron chi connectivity index (χ2n) is 4.98. The molecule has 3 heteroatoms. The van der Waals surface area contributed by atoms with Gasteiger partial charge in [-0.2, -0.15) is 0 Å². The van der Waals surface area contributed by atoms with Crippen LogP contribution < -0.4 is 5.73 Å². The van der Waals surface area contributed by atoms with E-state index in [1.807, 2.05) is 0 Å². The molecule has 3 nitrogen and oxygen atoms in total. The quantitative estimate of drug-likeness (QED) is 0.689. The van der Waals surface area contributed by atoms with Gasteiger partial charge in [0.15, 0.2) is 0 Å². The lowest BCUT2D eigenvalue weighted by atomic mass is 10.0. The van der Waals surface area contributed by atoms with E-state index in [4.69, 9.17) is 10.5 Å². The van der Waals surface area contributed by atoms with E-state index in [1.165, 1.54) is 38.8 Å². The molecule has 0 aliphatic carbocycles. The third-order valence-corrected chi connectivity index (χ3v) is 3.63. The molecule has 1 rings (SSSR count). The Labute approximate surface area is 100 Å². The molecule has 0 aromatic carbocycles. The topological polar surface area (TPSA) is 38.5 Å². The zero-order valence-electron chi connectivity index (χ0n) is 11.0. The largest absolute Gasteiger partial charge is 0.383 e. The fraction of sp³-hybridized carbons (Fsp3) is 1.00. The van der Waals surface area contributed by atoms with Crippen LogP contribution in [0.4, 0.5) is 0 Å². The van der Waals surface area contributed by atoms with E-state index in [0.717, 1.165) is 25.5 Å². The molecule has 0 aromatic heterocycles. The van der Waals surface area contributed by atoms with Gasteiger partial charge in [0.2, 0.25) is 0 Å². The van der Waals surface area contributed by atoms with Gasteiger partial charge < -0.3 is 10.5 Å². The van der Waals surface area contributed by atoms with Crippen LogP contribution in [0.5, 0.6) is 0 Å². The van der Waals surface area contributed by atoms with Crippen molar-refractivity contribution >= 4 is 0 Å². The summed E-state index contributed by atoms with van der Waals surface area (Å²) in [5.41, 5.74) is 5.59. The van der Waals surface area contributed by atoms with E-state index in [-0.39, 0.29) is 0 Å². The Bertz CT molecular complexity index is 175. The Balaban J connectivity index is 2.33. The number of hydrogen-bond donors (Lipinski definition) is 1. The lowest BCUT2D eigenvalue weighted by Gasteiger charge is -2.27. The maximum atomic E-state index is 5.59. The predicted molar refractivity (Wildman–Crippen MR) is 68.5 cm³/mol. The first kappa shape index (κ1) is 13.9. The molecule has 0 spiro atoms.